The van der Waals surface area contributed by atoms with E-state index in [1.165, 1.54) is 36.1 Å². The summed E-state index contributed by atoms with van der Waals surface area (Å²) in [6, 6.07) is 7.27. The quantitative estimate of drug-likeness (QED) is 0.639. The Balaban J connectivity index is 2.08. The molecule has 1 fully saturated rings. The highest BCUT2D eigenvalue weighted by atomic mass is 32.2. The van der Waals surface area contributed by atoms with Crippen molar-refractivity contribution < 1.29 is 0 Å². The monoisotopic (exact) mass is 250 g/mol. The van der Waals surface area contributed by atoms with E-state index in [-0.39, 0.29) is 0 Å². The molecule has 1 aliphatic carbocycles. The molecule has 1 aromatic carbocycles. The lowest BCUT2D eigenvalue weighted by molar-refractivity contribution is 0.358. The van der Waals surface area contributed by atoms with E-state index in [2.05, 4.69) is 36.8 Å². The van der Waals surface area contributed by atoms with Crippen LogP contribution >= 0.6 is 11.8 Å². The Hall–Kier alpha value is -0.670. The van der Waals surface area contributed by atoms with Crippen molar-refractivity contribution in [2.75, 3.05) is 19.0 Å². The highest BCUT2D eigenvalue weighted by molar-refractivity contribution is 7.98. The Bertz CT molecular complexity index is 370. The SMILES string of the molecule is CNC1CCC(c2ccc(N)c(SC)c2)CC1. The predicted molar refractivity (Wildman–Crippen MR) is 76.7 cm³/mol. The Morgan fingerprint density at radius 1 is 1.24 bits per heavy atom. The lowest BCUT2D eigenvalue weighted by Gasteiger charge is -2.28. The van der Waals surface area contributed by atoms with Gasteiger partial charge in [0.2, 0.25) is 0 Å². The van der Waals surface area contributed by atoms with E-state index < -0.39 is 0 Å². The van der Waals surface area contributed by atoms with Gasteiger partial charge in [0.05, 0.1) is 0 Å². The minimum Gasteiger partial charge on any atom is -0.398 e. The van der Waals surface area contributed by atoms with Gasteiger partial charge in [-0.1, -0.05) is 6.07 Å². The average Bonchev–Trinajstić information content (AvgIpc) is 2.39. The van der Waals surface area contributed by atoms with Crippen molar-refractivity contribution >= 4 is 17.4 Å². The molecule has 3 N–H and O–H groups in total. The number of rotatable bonds is 3. The van der Waals surface area contributed by atoms with Gasteiger partial charge < -0.3 is 11.1 Å². The number of nitrogens with one attached hydrogen (secondary N) is 1. The van der Waals surface area contributed by atoms with Crippen LogP contribution in [0.2, 0.25) is 0 Å². The van der Waals surface area contributed by atoms with Crippen LogP contribution in [-0.4, -0.2) is 19.3 Å². The smallest absolute Gasteiger partial charge is 0.0452 e. The highest BCUT2D eigenvalue weighted by Gasteiger charge is 2.21. The van der Waals surface area contributed by atoms with Crippen molar-refractivity contribution in [1.82, 2.24) is 5.32 Å². The lowest BCUT2D eigenvalue weighted by atomic mass is 9.82. The maximum Gasteiger partial charge on any atom is 0.0452 e. The molecule has 94 valence electrons. The van der Waals surface area contributed by atoms with Crippen molar-refractivity contribution in [3.8, 4) is 0 Å². The van der Waals surface area contributed by atoms with E-state index in [1.807, 2.05) is 0 Å². The molecule has 0 atom stereocenters. The molecule has 1 aromatic rings. The van der Waals surface area contributed by atoms with Gasteiger partial charge in [-0.05, 0) is 62.6 Å². The van der Waals surface area contributed by atoms with Crippen LogP contribution in [0, 0.1) is 0 Å². The van der Waals surface area contributed by atoms with Crippen LogP contribution in [0.15, 0.2) is 23.1 Å². The van der Waals surface area contributed by atoms with Crippen LogP contribution in [0.4, 0.5) is 5.69 Å². The maximum atomic E-state index is 5.94. The summed E-state index contributed by atoms with van der Waals surface area (Å²) in [6.07, 6.45) is 7.26. The summed E-state index contributed by atoms with van der Waals surface area (Å²) >= 11 is 1.74. The Morgan fingerprint density at radius 2 is 1.94 bits per heavy atom. The van der Waals surface area contributed by atoms with E-state index in [1.54, 1.807) is 11.8 Å². The summed E-state index contributed by atoms with van der Waals surface area (Å²) in [5.74, 6) is 0.728. The average molecular weight is 250 g/mol. The molecule has 0 aromatic heterocycles. The van der Waals surface area contributed by atoms with E-state index in [9.17, 15) is 0 Å². The van der Waals surface area contributed by atoms with Gasteiger partial charge >= 0.3 is 0 Å². The molecular weight excluding hydrogens is 228 g/mol. The largest absolute Gasteiger partial charge is 0.398 e. The third-order valence-electron chi connectivity index (χ3n) is 3.86. The first-order chi connectivity index (χ1) is 8.24. The van der Waals surface area contributed by atoms with Gasteiger partial charge in [-0.15, -0.1) is 11.8 Å². The Morgan fingerprint density at radius 3 is 2.53 bits per heavy atom. The summed E-state index contributed by atoms with van der Waals surface area (Å²) in [4.78, 5) is 1.22. The number of hydrogen-bond acceptors (Lipinski definition) is 3. The second kappa shape index (κ2) is 5.78. The molecule has 0 radical (unpaired) electrons. The fraction of sp³-hybridized carbons (Fsp3) is 0.571. The molecule has 0 saturated heterocycles. The molecule has 17 heavy (non-hydrogen) atoms. The molecule has 0 unspecified atom stereocenters. The summed E-state index contributed by atoms with van der Waals surface area (Å²) in [5, 5.41) is 3.38. The first-order valence-electron chi connectivity index (χ1n) is 6.35. The molecule has 0 bridgehead atoms. The van der Waals surface area contributed by atoms with Crippen molar-refractivity contribution in [3.05, 3.63) is 23.8 Å². The van der Waals surface area contributed by atoms with Gasteiger partial charge in [0.1, 0.15) is 0 Å². The van der Waals surface area contributed by atoms with E-state index in [4.69, 9.17) is 5.73 Å². The topological polar surface area (TPSA) is 38.0 Å². The highest BCUT2D eigenvalue weighted by Crippen LogP contribution is 2.35. The number of thioether (sulfide) groups is 1. The zero-order chi connectivity index (χ0) is 12.3. The van der Waals surface area contributed by atoms with Crippen LogP contribution in [0.5, 0.6) is 0 Å². The van der Waals surface area contributed by atoms with Gasteiger partial charge in [0.25, 0.3) is 0 Å². The predicted octanol–water partition coefficient (Wildman–Crippen LogP) is 3.24. The molecule has 2 rings (SSSR count). The van der Waals surface area contributed by atoms with E-state index >= 15 is 0 Å². The number of benzene rings is 1. The minimum atomic E-state index is 0.722. The molecule has 0 aliphatic heterocycles. The second-order valence-corrected chi connectivity index (χ2v) is 5.69. The molecule has 0 amide bonds. The van der Waals surface area contributed by atoms with Crippen LogP contribution in [0.1, 0.15) is 37.2 Å². The molecule has 3 heteroatoms. The normalized spacial score (nSPS) is 24.8. The Kier molecular flexibility index (Phi) is 4.35. The minimum absolute atomic E-state index is 0.722. The zero-order valence-electron chi connectivity index (χ0n) is 10.7. The molecule has 1 saturated carbocycles. The fourth-order valence-corrected chi connectivity index (χ4v) is 3.25. The number of anilines is 1. The molecule has 1 aliphatic rings. The van der Waals surface area contributed by atoms with Gasteiger partial charge in [-0.3, -0.25) is 0 Å². The molecular formula is C14H22N2S. The van der Waals surface area contributed by atoms with Gasteiger partial charge in [-0.25, -0.2) is 0 Å². The number of hydrogen-bond donors (Lipinski definition) is 2. The number of nitrogen functional groups attached to an aromatic ring is 1. The van der Waals surface area contributed by atoms with Crippen molar-refractivity contribution in [2.45, 2.75) is 42.5 Å². The van der Waals surface area contributed by atoms with Crippen molar-refractivity contribution in [3.63, 3.8) is 0 Å². The first kappa shape index (κ1) is 12.8. The number of nitrogens with two attached hydrogens (primary N) is 1. The Labute approximate surface area is 108 Å². The maximum absolute atomic E-state index is 5.94. The summed E-state index contributed by atoms with van der Waals surface area (Å²) in [6.45, 7) is 0. The standard InChI is InChI=1S/C14H22N2S/c1-16-12-6-3-10(4-7-12)11-5-8-13(15)14(9-11)17-2/h5,8-10,12,16H,3-4,6-7,15H2,1-2H3. The molecule has 0 spiro atoms. The van der Waals surface area contributed by atoms with Crippen LogP contribution in [-0.2, 0) is 0 Å². The van der Waals surface area contributed by atoms with E-state index in [0.717, 1.165) is 17.6 Å². The third-order valence-corrected chi connectivity index (χ3v) is 4.66. The lowest BCUT2D eigenvalue weighted by Crippen LogP contribution is -2.29. The molecule has 0 heterocycles. The van der Waals surface area contributed by atoms with Crippen LogP contribution < -0.4 is 11.1 Å². The van der Waals surface area contributed by atoms with Gasteiger partial charge in [0.15, 0.2) is 0 Å². The van der Waals surface area contributed by atoms with Gasteiger partial charge in [0, 0.05) is 16.6 Å². The first-order valence-corrected chi connectivity index (χ1v) is 7.57. The fourth-order valence-electron chi connectivity index (χ4n) is 2.70. The second-order valence-electron chi connectivity index (χ2n) is 4.84. The summed E-state index contributed by atoms with van der Waals surface area (Å²) in [7, 11) is 2.07. The molecule has 2 nitrogen and oxygen atoms in total. The van der Waals surface area contributed by atoms with Crippen LogP contribution in [0.3, 0.4) is 0 Å². The van der Waals surface area contributed by atoms with Crippen LogP contribution in [0.25, 0.3) is 0 Å². The summed E-state index contributed by atoms with van der Waals surface area (Å²) in [5.41, 5.74) is 8.32. The summed E-state index contributed by atoms with van der Waals surface area (Å²) < 4.78 is 0. The zero-order valence-corrected chi connectivity index (χ0v) is 11.5. The third kappa shape index (κ3) is 2.96. The van der Waals surface area contributed by atoms with E-state index in [0.29, 0.717) is 0 Å². The van der Waals surface area contributed by atoms with Gasteiger partial charge in [-0.2, -0.15) is 0 Å². The van der Waals surface area contributed by atoms with Crippen molar-refractivity contribution in [2.24, 2.45) is 0 Å². The van der Waals surface area contributed by atoms with Crippen molar-refractivity contribution in [1.29, 1.82) is 0 Å².